The molecule has 0 unspecified atom stereocenters. The van der Waals surface area contributed by atoms with Gasteiger partial charge in [-0.2, -0.15) is 0 Å². The second-order valence-electron chi connectivity index (χ2n) is 4.21. The zero-order valence-electron chi connectivity index (χ0n) is 8.70. The summed E-state index contributed by atoms with van der Waals surface area (Å²) in [6.07, 6.45) is 3.43. The van der Waals surface area contributed by atoms with E-state index in [9.17, 15) is 4.79 Å². The molecule has 1 saturated carbocycles. The first-order valence-corrected chi connectivity index (χ1v) is 5.30. The number of aliphatic hydroxyl groups is 1. The van der Waals surface area contributed by atoms with Gasteiger partial charge in [-0.25, -0.2) is 0 Å². The fraction of sp³-hybridized carbons (Fsp3) is 0.900. The van der Waals surface area contributed by atoms with Crippen LogP contribution in [0.2, 0.25) is 0 Å². The van der Waals surface area contributed by atoms with Crippen LogP contribution in [0, 0.1) is 5.92 Å². The third kappa shape index (κ3) is 3.64. The maximum absolute atomic E-state index is 10.9. The van der Waals surface area contributed by atoms with Gasteiger partial charge in [0.15, 0.2) is 0 Å². The van der Waals surface area contributed by atoms with Crippen molar-refractivity contribution in [2.45, 2.75) is 44.8 Å². The molecule has 0 aromatic rings. The van der Waals surface area contributed by atoms with Gasteiger partial charge in [-0.15, -0.1) is 0 Å². The van der Waals surface area contributed by atoms with Crippen molar-refractivity contribution in [3.05, 3.63) is 0 Å². The van der Waals surface area contributed by atoms with E-state index in [1.165, 1.54) is 0 Å². The number of hydrogen-bond donors (Lipinski definition) is 3. The molecule has 1 atom stereocenters. The molecular weight excluding hydrogens is 180 g/mol. The molecule has 0 aliphatic heterocycles. The summed E-state index contributed by atoms with van der Waals surface area (Å²) in [5.74, 6) is -0.0985. The molecule has 0 spiro atoms. The van der Waals surface area contributed by atoms with Crippen molar-refractivity contribution >= 4 is 5.91 Å². The Hall–Kier alpha value is -0.610. The molecule has 82 valence electrons. The number of hydrogen-bond acceptors (Lipinski definition) is 3. The molecule has 0 aromatic heterocycles. The van der Waals surface area contributed by atoms with Gasteiger partial charge in [0.05, 0.1) is 6.10 Å². The van der Waals surface area contributed by atoms with Crippen LogP contribution in [0.25, 0.3) is 0 Å². The van der Waals surface area contributed by atoms with Crippen LogP contribution in [-0.2, 0) is 4.79 Å². The fourth-order valence-electron chi connectivity index (χ4n) is 1.92. The number of nitrogens with two attached hydrogens (primary N) is 1. The molecular formula is C10H20N2O2. The molecule has 1 fully saturated rings. The summed E-state index contributed by atoms with van der Waals surface area (Å²) in [5, 5.41) is 12.4. The Kier molecular flexibility index (Phi) is 4.35. The standard InChI is InChI=1S/C10H20N2O2/c1-7(13)6-12-9-4-2-8(3-5-9)10(11)14/h7-9,12-13H,2-6H2,1H3,(H2,11,14)/t7-,8?,9?/m0/s1. The van der Waals surface area contributed by atoms with Gasteiger partial charge in [-0.05, 0) is 32.6 Å². The fourth-order valence-corrected chi connectivity index (χ4v) is 1.92. The molecule has 4 nitrogen and oxygen atoms in total. The molecule has 0 saturated heterocycles. The van der Waals surface area contributed by atoms with E-state index in [0.717, 1.165) is 25.7 Å². The van der Waals surface area contributed by atoms with Crippen molar-refractivity contribution in [1.29, 1.82) is 0 Å². The van der Waals surface area contributed by atoms with Crippen molar-refractivity contribution in [2.24, 2.45) is 11.7 Å². The van der Waals surface area contributed by atoms with Crippen LogP contribution >= 0.6 is 0 Å². The summed E-state index contributed by atoms with van der Waals surface area (Å²) in [5.41, 5.74) is 5.24. The number of amides is 1. The maximum Gasteiger partial charge on any atom is 0.220 e. The molecule has 1 rings (SSSR count). The second kappa shape index (κ2) is 5.32. The van der Waals surface area contributed by atoms with Crippen molar-refractivity contribution in [1.82, 2.24) is 5.32 Å². The number of carbonyl (C=O) groups is 1. The predicted octanol–water partition coefficient (Wildman–Crippen LogP) is 0.000900. The average molecular weight is 200 g/mol. The Morgan fingerprint density at radius 2 is 2.07 bits per heavy atom. The lowest BCUT2D eigenvalue weighted by atomic mass is 9.85. The minimum absolute atomic E-state index is 0.0691. The first kappa shape index (κ1) is 11.5. The van der Waals surface area contributed by atoms with Crippen LogP contribution < -0.4 is 11.1 Å². The molecule has 1 aliphatic rings. The Balaban J connectivity index is 2.19. The SMILES string of the molecule is C[C@H](O)CNC1CCC(C(N)=O)CC1. The largest absolute Gasteiger partial charge is 0.392 e. The van der Waals surface area contributed by atoms with Crippen molar-refractivity contribution < 1.29 is 9.90 Å². The Bertz CT molecular complexity index is 187. The highest BCUT2D eigenvalue weighted by molar-refractivity contribution is 5.76. The average Bonchev–Trinajstić information content (AvgIpc) is 2.15. The zero-order valence-corrected chi connectivity index (χ0v) is 8.70. The molecule has 0 aromatic carbocycles. The highest BCUT2D eigenvalue weighted by atomic mass is 16.3. The van der Waals surface area contributed by atoms with E-state index >= 15 is 0 Å². The topological polar surface area (TPSA) is 75.3 Å². The van der Waals surface area contributed by atoms with Crippen molar-refractivity contribution in [3.8, 4) is 0 Å². The summed E-state index contributed by atoms with van der Waals surface area (Å²) in [6, 6.07) is 0.445. The second-order valence-corrected chi connectivity index (χ2v) is 4.21. The van der Waals surface area contributed by atoms with Crippen LogP contribution in [-0.4, -0.2) is 29.7 Å². The van der Waals surface area contributed by atoms with Crippen LogP contribution in [0.3, 0.4) is 0 Å². The molecule has 1 aliphatic carbocycles. The third-order valence-electron chi connectivity index (χ3n) is 2.83. The van der Waals surface area contributed by atoms with Crippen molar-refractivity contribution in [2.75, 3.05) is 6.54 Å². The van der Waals surface area contributed by atoms with E-state index in [-0.39, 0.29) is 17.9 Å². The summed E-state index contributed by atoms with van der Waals surface area (Å²) in [4.78, 5) is 10.9. The molecule has 0 radical (unpaired) electrons. The van der Waals surface area contributed by atoms with Gasteiger partial charge in [0, 0.05) is 18.5 Å². The Morgan fingerprint density at radius 1 is 1.50 bits per heavy atom. The first-order chi connectivity index (χ1) is 6.59. The van der Waals surface area contributed by atoms with Crippen LogP contribution in [0.4, 0.5) is 0 Å². The van der Waals surface area contributed by atoms with Crippen LogP contribution in [0.1, 0.15) is 32.6 Å². The number of nitrogens with one attached hydrogen (secondary N) is 1. The quantitative estimate of drug-likeness (QED) is 0.598. The zero-order chi connectivity index (χ0) is 10.6. The molecule has 1 amide bonds. The summed E-state index contributed by atoms with van der Waals surface area (Å²) in [7, 11) is 0. The Labute approximate surface area is 84.9 Å². The molecule has 0 bridgehead atoms. The lowest BCUT2D eigenvalue weighted by Crippen LogP contribution is -2.39. The van der Waals surface area contributed by atoms with Gasteiger partial charge in [0.1, 0.15) is 0 Å². The predicted molar refractivity (Wildman–Crippen MR) is 54.6 cm³/mol. The highest BCUT2D eigenvalue weighted by Gasteiger charge is 2.24. The summed E-state index contributed by atoms with van der Waals surface area (Å²) < 4.78 is 0. The van der Waals surface area contributed by atoms with Crippen molar-refractivity contribution in [3.63, 3.8) is 0 Å². The first-order valence-electron chi connectivity index (χ1n) is 5.30. The van der Waals surface area contributed by atoms with E-state index in [4.69, 9.17) is 10.8 Å². The van der Waals surface area contributed by atoms with E-state index in [0.29, 0.717) is 12.6 Å². The van der Waals surface area contributed by atoms with E-state index in [1.54, 1.807) is 6.92 Å². The Morgan fingerprint density at radius 3 is 2.50 bits per heavy atom. The molecule has 14 heavy (non-hydrogen) atoms. The summed E-state index contributed by atoms with van der Waals surface area (Å²) in [6.45, 7) is 2.40. The minimum atomic E-state index is -0.302. The number of aliphatic hydroxyl groups excluding tert-OH is 1. The molecule has 4 heteroatoms. The smallest absolute Gasteiger partial charge is 0.220 e. The van der Waals surface area contributed by atoms with Crippen LogP contribution in [0.5, 0.6) is 0 Å². The lowest BCUT2D eigenvalue weighted by molar-refractivity contribution is -0.122. The minimum Gasteiger partial charge on any atom is -0.392 e. The number of carbonyl (C=O) groups excluding carboxylic acids is 1. The summed E-state index contributed by atoms with van der Waals surface area (Å²) >= 11 is 0. The van der Waals surface area contributed by atoms with E-state index < -0.39 is 0 Å². The molecule has 0 heterocycles. The van der Waals surface area contributed by atoms with E-state index in [1.807, 2.05) is 0 Å². The normalized spacial score (nSPS) is 29.9. The van der Waals surface area contributed by atoms with Crippen LogP contribution in [0.15, 0.2) is 0 Å². The number of rotatable bonds is 4. The van der Waals surface area contributed by atoms with Gasteiger partial charge >= 0.3 is 0 Å². The third-order valence-corrected chi connectivity index (χ3v) is 2.83. The molecule has 4 N–H and O–H groups in total. The van der Waals surface area contributed by atoms with Gasteiger partial charge in [-0.1, -0.05) is 0 Å². The highest BCUT2D eigenvalue weighted by Crippen LogP contribution is 2.23. The van der Waals surface area contributed by atoms with Gasteiger partial charge in [0.2, 0.25) is 5.91 Å². The van der Waals surface area contributed by atoms with E-state index in [2.05, 4.69) is 5.32 Å². The van der Waals surface area contributed by atoms with Gasteiger partial charge < -0.3 is 16.2 Å². The maximum atomic E-state index is 10.9. The van der Waals surface area contributed by atoms with Gasteiger partial charge in [-0.3, -0.25) is 4.79 Å². The number of primary amides is 1. The lowest BCUT2D eigenvalue weighted by Gasteiger charge is -2.27. The monoisotopic (exact) mass is 200 g/mol. The van der Waals surface area contributed by atoms with Gasteiger partial charge in [0.25, 0.3) is 0 Å².